The highest BCUT2D eigenvalue weighted by atomic mass is 32.1. The molecule has 8 aromatic heterocycles. The molecule has 4 saturated heterocycles. The second kappa shape index (κ2) is 37.4. The van der Waals surface area contributed by atoms with Crippen molar-refractivity contribution in [3.8, 4) is 109 Å². The van der Waals surface area contributed by atoms with E-state index in [0.717, 1.165) is 171 Å². The molecule has 4 aliphatic heterocycles. The van der Waals surface area contributed by atoms with E-state index in [-0.39, 0.29) is 50.1 Å². The van der Waals surface area contributed by atoms with Crippen molar-refractivity contribution in [1.29, 1.82) is 0 Å². The van der Waals surface area contributed by atoms with Crippen LogP contribution in [-0.2, 0) is 0 Å². The van der Waals surface area contributed by atoms with E-state index in [1.165, 1.54) is 22.3 Å². The van der Waals surface area contributed by atoms with Crippen LogP contribution in [0.4, 0.5) is 24.9 Å². The first-order chi connectivity index (χ1) is 58.9. The minimum Gasteiger partial charge on any atom is -0.496 e. The Labute approximate surface area is 757 Å². The number of aryl methyl sites for hydroxylation is 2. The van der Waals surface area contributed by atoms with Crippen LogP contribution in [0.1, 0.15) is 173 Å². The van der Waals surface area contributed by atoms with Crippen molar-refractivity contribution in [2.45, 2.75) is 244 Å². The Bertz CT molecular complexity index is 5600. The second-order valence-electron chi connectivity index (χ2n) is 38.7. The summed E-state index contributed by atoms with van der Waals surface area (Å²) in [6, 6.07) is 33.1. The fraction of sp³-hybridized carbons (Fsp3) is 0.489. The van der Waals surface area contributed by atoms with Gasteiger partial charge in [-0.05, 0) is 264 Å². The van der Waals surface area contributed by atoms with Gasteiger partial charge in [-0.15, -0.1) is 52.1 Å². The molecule has 12 heterocycles. The van der Waals surface area contributed by atoms with Gasteiger partial charge in [0, 0.05) is 144 Å². The Morgan fingerprint density at radius 3 is 1.04 bits per heavy atom. The second-order valence-corrected chi connectivity index (χ2v) is 43.8. The van der Waals surface area contributed by atoms with Crippen molar-refractivity contribution in [1.82, 2.24) is 87.2 Å². The number of pyridine rings is 2. The molecule has 0 unspecified atom stereocenters. The van der Waals surface area contributed by atoms with Crippen molar-refractivity contribution in [2.24, 2.45) is 0 Å². The molecule has 4 fully saturated rings. The lowest BCUT2D eigenvalue weighted by Crippen LogP contribution is -2.61. The van der Waals surface area contributed by atoms with E-state index in [1.807, 2.05) is 61.7 Å². The van der Waals surface area contributed by atoms with E-state index in [4.69, 9.17) is 18.9 Å². The largest absolute Gasteiger partial charge is 0.496 e. The quantitative estimate of drug-likeness (QED) is 0.0474. The molecule has 125 heavy (non-hydrogen) atoms. The first kappa shape index (κ1) is 93.1. The van der Waals surface area contributed by atoms with Gasteiger partial charge in [-0.1, -0.05) is 75.7 Å². The number of piperidine rings is 4. The molecular formula is C94H124FN21O4S5. The number of halogens is 1. The van der Waals surface area contributed by atoms with Gasteiger partial charge in [0.1, 0.15) is 23.1 Å². The van der Waals surface area contributed by atoms with E-state index >= 15 is 0 Å². The molecule has 4 aliphatic rings. The van der Waals surface area contributed by atoms with Gasteiger partial charge in [-0.25, -0.2) is 14.4 Å². The van der Waals surface area contributed by atoms with Crippen LogP contribution in [0, 0.1) is 19.7 Å². The average Bonchev–Trinajstić information content (AvgIpc) is 1.65. The summed E-state index contributed by atoms with van der Waals surface area (Å²) in [5.41, 5.74) is 11.9. The molecule has 31 heteroatoms. The molecule has 0 amide bonds. The molecule has 0 spiro atoms. The van der Waals surface area contributed by atoms with Crippen molar-refractivity contribution >= 4 is 77.2 Å². The van der Waals surface area contributed by atoms with Crippen molar-refractivity contribution < 1.29 is 23.3 Å². The maximum Gasteiger partial charge on any atom is 0.213 e. The maximum absolute atomic E-state index is 14.8. The Kier molecular flexibility index (Phi) is 27.8. The zero-order valence-electron chi connectivity index (χ0n) is 77.3. The Hall–Kier alpha value is -9.57. The monoisotopic (exact) mass is 1790 g/mol. The summed E-state index contributed by atoms with van der Waals surface area (Å²) in [5.74, 6) is 2.63. The van der Waals surface area contributed by atoms with Crippen LogP contribution >= 0.6 is 56.7 Å². The van der Waals surface area contributed by atoms with E-state index < -0.39 is 0 Å². The molecule has 12 aromatic rings. The molecule has 0 aliphatic carbocycles. The highest BCUT2D eigenvalue weighted by molar-refractivity contribution is 7.19. The molecule has 25 nitrogen and oxygen atoms in total. The fourth-order valence-corrected chi connectivity index (χ4v) is 23.6. The number of thiazole rings is 1. The summed E-state index contributed by atoms with van der Waals surface area (Å²) in [5, 5.41) is 65.3. The van der Waals surface area contributed by atoms with Crippen LogP contribution in [0.5, 0.6) is 23.1 Å². The number of methoxy groups -OCH3 is 4. The molecule has 666 valence electrons. The summed E-state index contributed by atoms with van der Waals surface area (Å²) >= 11 is 7.97. The lowest BCUT2D eigenvalue weighted by molar-refractivity contribution is 0.160. The van der Waals surface area contributed by atoms with Gasteiger partial charge in [0.05, 0.1) is 66.9 Å². The van der Waals surface area contributed by atoms with Crippen LogP contribution in [0.25, 0.3) is 86.1 Å². The number of nitrogens with zero attached hydrogens (tertiary/aromatic N) is 16. The van der Waals surface area contributed by atoms with Gasteiger partial charge in [0.2, 0.25) is 26.4 Å². The van der Waals surface area contributed by atoms with Gasteiger partial charge >= 0.3 is 0 Å². The van der Waals surface area contributed by atoms with Gasteiger partial charge in [0.15, 0.2) is 20.0 Å². The number of hydrogen-bond acceptors (Lipinski definition) is 29. The first-order valence-electron chi connectivity index (χ1n) is 42.5. The summed E-state index contributed by atoms with van der Waals surface area (Å²) in [4.78, 5) is 23.2. The van der Waals surface area contributed by atoms with E-state index in [2.05, 4.69) is 289 Å². The van der Waals surface area contributed by atoms with Crippen LogP contribution in [0.2, 0.25) is 0 Å². The number of anilines is 4. The van der Waals surface area contributed by atoms with Crippen molar-refractivity contribution in [3.05, 3.63) is 145 Å². The third kappa shape index (κ3) is 22.9. The summed E-state index contributed by atoms with van der Waals surface area (Å²) in [6.07, 6.45) is 17.2. The van der Waals surface area contributed by atoms with E-state index in [1.54, 1.807) is 105 Å². The van der Waals surface area contributed by atoms with Crippen LogP contribution in [-0.4, -0.2) is 191 Å². The Morgan fingerprint density at radius 2 is 0.712 bits per heavy atom. The standard InChI is InChI=1S/C25H33N5O2S.C24H33N5OS2.C24H31N5OS.C21H27FN6S/c1-24(2)14-18(15-25(3,4)29-24)30(5)23-28-27-22(33-23)19-9-8-16(12-20(19)31-6)17-10-11-26-21(13-17)32-7;1-14-20(31-15(2)25-14)16-9-10-18(19(11-16)30-8)21-26-27-22(32-21)29(7)17-12-23(3,4)28-24(5,6)13-17;1-23(2)13-18(14-24(3,4)28-23)29(5)22-27-26-21(31-22)19-10-9-16(12-20(19)30-6)17-8-7-11-25-15-17;1-20(2)9-15(10-21(3,4)27-20)28(5)19-26-25-18(29-19)16-7-6-13(8-17(16)22)14-11-23-24-12-14/h8-13,18,29H,14-15H2,1-7H3;9-11,17,28H,12-13H2,1-8H3;7-12,15,18,28H,13-14H2,1-6H3;6-8,11-12,15,27H,9-10H2,1-5H3,(H,23,24). The number of aromatic nitrogens is 13. The normalized spacial score (nSPS) is 18.0. The SMILES string of the molecule is CN(c1nnc(-c2ccc(-c3cn[nH]c3)cc2F)s1)C1CC(C)(C)NC(C)(C)C1.COc1cc(-c2ccc(-c3nnc(N(C)C4CC(C)(C)NC(C)(C)C4)s3)c(OC)c2)ccn1.COc1cc(-c2cccnc2)ccc1-c1nnc(N(C)C2CC(C)(C)NC(C)(C)C2)s1.COc1cc(-c2sc(C)nc2C)ccc1-c1nnc(N(C)C2CC(C)(C)NC(C)(C)C2)s1. The molecular weight excluding hydrogens is 1670 g/mol. The van der Waals surface area contributed by atoms with Crippen LogP contribution in [0.15, 0.2) is 128 Å². The molecule has 0 atom stereocenters. The molecule has 5 N–H and O–H groups in total. The van der Waals surface area contributed by atoms with Gasteiger partial charge in [-0.2, -0.15) is 5.10 Å². The number of ether oxygens (including phenoxy) is 4. The molecule has 4 aromatic carbocycles. The number of benzene rings is 4. The van der Waals surface area contributed by atoms with E-state index in [9.17, 15) is 4.39 Å². The number of H-pyrrole nitrogens is 1. The minimum absolute atomic E-state index is 0.0449. The average molecular weight is 1790 g/mol. The minimum atomic E-state index is -0.307. The number of rotatable bonds is 20. The predicted octanol–water partition coefficient (Wildman–Crippen LogP) is 20.2. The highest BCUT2D eigenvalue weighted by Crippen LogP contribution is 2.46. The van der Waals surface area contributed by atoms with Crippen LogP contribution in [0.3, 0.4) is 0 Å². The van der Waals surface area contributed by atoms with Gasteiger partial charge in [0.25, 0.3) is 0 Å². The third-order valence-electron chi connectivity index (χ3n) is 23.5. The number of hydrogen-bond donors (Lipinski definition) is 5. The zero-order valence-corrected chi connectivity index (χ0v) is 81.4. The third-order valence-corrected chi connectivity index (χ3v) is 28.8. The highest BCUT2D eigenvalue weighted by Gasteiger charge is 2.44. The van der Waals surface area contributed by atoms with E-state index in [0.29, 0.717) is 40.6 Å². The Balaban J connectivity index is 0.000000143. The molecule has 0 radical (unpaired) electrons. The summed E-state index contributed by atoms with van der Waals surface area (Å²) < 4.78 is 37.2. The number of nitrogens with one attached hydrogen (secondary N) is 5. The summed E-state index contributed by atoms with van der Waals surface area (Å²) in [6.45, 7) is 40.3. The Morgan fingerprint density at radius 1 is 0.368 bits per heavy atom. The van der Waals surface area contributed by atoms with Crippen molar-refractivity contribution in [3.63, 3.8) is 0 Å². The van der Waals surface area contributed by atoms with Crippen molar-refractivity contribution in [2.75, 3.05) is 76.2 Å². The fourth-order valence-electron chi connectivity index (χ4n) is 19.1. The zero-order chi connectivity index (χ0) is 90.1. The maximum atomic E-state index is 14.8. The predicted molar refractivity (Wildman–Crippen MR) is 513 cm³/mol. The van der Waals surface area contributed by atoms with Gasteiger partial charge < -0.3 is 59.8 Å². The lowest BCUT2D eigenvalue weighted by atomic mass is 9.79. The van der Waals surface area contributed by atoms with Crippen LogP contribution < -0.4 is 59.8 Å². The number of aromatic amines is 1. The molecule has 0 saturated carbocycles. The molecule has 16 rings (SSSR count). The summed E-state index contributed by atoms with van der Waals surface area (Å²) in [7, 11) is 15.2. The van der Waals surface area contributed by atoms with Gasteiger partial charge in [-0.3, -0.25) is 10.1 Å². The molecule has 0 bridgehead atoms. The lowest BCUT2D eigenvalue weighted by Gasteiger charge is -2.48. The topological polar surface area (TPSA) is 268 Å². The smallest absolute Gasteiger partial charge is 0.213 e. The first-order valence-corrected chi connectivity index (χ1v) is 46.6.